The van der Waals surface area contributed by atoms with Crippen molar-refractivity contribution in [2.45, 2.75) is 64.7 Å². The third-order valence-corrected chi connectivity index (χ3v) is 6.49. The number of carboxylic acids is 1. The average Bonchev–Trinajstić information content (AvgIpc) is 2.97. The molecule has 1 aliphatic heterocycles. The van der Waals surface area contributed by atoms with Gasteiger partial charge in [-0.25, -0.2) is 0 Å². The van der Waals surface area contributed by atoms with Crippen LogP contribution in [0.5, 0.6) is 0 Å². The van der Waals surface area contributed by atoms with Gasteiger partial charge in [0.15, 0.2) is 0 Å². The molecule has 1 heterocycles. The van der Waals surface area contributed by atoms with Crippen LogP contribution in [0.1, 0.15) is 64.7 Å². The van der Waals surface area contributed by atoms with Crippen molar-refractivity contribution in [3.63, 3.8) is 0 Å². The Labute approximate surface area is 133 Å². The minimum atomic E-state index is -0.646. The van der Waals surface area contributed by atoms with Crippen molar-refractivity contribution in [2.75, 3.05) is 13.1 Å². The number of rotatable bonds is 5. The number of likely N-dealkylation sites (tertiary alicyclic amines) is 1. The first-order valence-electron chi connectivity index (χ1n) is 9.07. The number of carbonyl (C=O) groups excluding carboxylic acids is 1. The third-order valence-electron chi connectivity index (χ3n) is 6.49. The molecule has 2 saturated carbocycles. The summed E-state index contributed by atoms with van der Waals surface area (Å²) >= 11 is 0. The Hall–Kier alpha value is -1.06. The van der Waals surface area contributed by atoms with Gasteiger partial charge in [0.2, 0.25) is 5.91 Å². The largest absolute Gasteiger partial charge is 0.481 e. The molecule has 3 aliphatic rings. The highest BCUT2D eigenvalue weighted by Gasteiger charge is 2.59. The van der Waals surface area contributed by atoms with Crippen LogP contribution in [0.25, 0.3) is 0 Å². The van der Waals surface area contributed by atoms with E-state index in [1.165, 1.54) is 25.7 Å². The number of nitrogens with zero attached hydrogens (tertiary/aromatic N) is 1. The quantitative estimate of drug-likeness (QED) is 0.848. The van der Waals surface area contributed by atoms with Gasteiger partial charge in [0.1, 0.15) is 0 Å². The van der Waals surface area contributed by atoms with Crippen molar-refractivity contribution >= 4 is 11.9 Å². The molecule has 0 aromatic rings. The molecule has 0 aromatic carbocycles. The maximum Gasteiger partial charge on any atom is 0.307 e. The predicted molar refractivity (Wildman–Crippen MR) is 84.3 cm³/mol. The van der Waals surface area contributed by atoms with Crippen molar-refractivity contribution in [2.24, 2.45) is 23.2 Å². The molecular formula is C18H29NO3. The van der Waals surface area contributed by atoms with E-state index in [0.717, 1.165) is 51.1 Å². The number of carbonyl (C=O) groups is 2. The van der Waals surface area contributed by atoms with E-state index >= 15 is 0 Å². The van der Waals surface area contributed by atoms with Crippen molar-refractivity contribution in [3.05, 3.63) is 0 Å². The van der Waals surface area contributed by atoms with E-state index in [1.807, 2.05) is 4.90 Å². The Morgan fingerprint density at radius 2 is 1.86 bits per heavy atom. The van der Waals surface area contributed by atoms with Crippen molar-refractivity contribution in [1.82, 2.24) is 4.90 Å². The second-order valence-electron chi connectivity index (χ2n) is 7.77. The van der Waals surface area contributed by atoms with Crippen molar-refractivity contribution < 1.29 is 14.7 Å². The molecule has 0 radical (unpaired) electrons. The van der Waals surface area contributed by atoms with E-state index in [4.69, 9.17) is 5.11 Å². The van der Waals surface area contributed by atoms with Crippen LogP contribution in [0.4, 0.5) is 0 Å². The molecule has 0 bridgehead atoms. The minimum absolute atomic E-state index is 0.0236. The van der Waals surface area contributed by atoms with Gasteiger partial charge in [-0.1, -0.05) is 32.6 Å². The molecule has 3 rings (SSSR count). The maximum absolute atomic E-state index is 12.8. The van der Waals surface area contributed by atoms with Crippen LogP contribution < -0.4 is 0 Å². The Morgan fingerprint density at radius 3 is 2.36 bits per heavy atom. The Balaban J connectivity index is 1.51. The van der Waals surface area contributed by atoms with E-state index < -0.39 is 5.97 Å². The summed E-state index contributed by atoms with van der Waals surface area (Å²) in [4.78, 5) is 25.9. The third kappa shape index (κ3) is 3.02. The van der Waals surface area contributed by atoms with Gasteiger partial charge < -0.3 is 10.0 Å². The molecule has 1 N–H and O–H groups in total. The summed E-state index contributed by atoms with van der Waals surface area (Å²) < 4.78 is 0. The van der Waals surface area contributed by atoms with E-state index in [-0.39, 0.29) is 17.3 Å². The smallest absolute Gasteiger partial charge is 0.307 e. The van der Waals surface area contributed by atoms with Crippen molar-refractivity contribution in [1.29, 1.82) is 0 Å². The molecule has 4 nitrogen and oxygen atoms in total. The minimum Gasteiger partial charge on any atom is -0.481 e. The van der Waals surface area contributed by atoms with E-state index in [2.05, 4.69) is 6.92 Å². The van der Waals surface area contributed by atoms with Crippen LogP contribution in [-0.2, 0) is 9.59 Å². The molecule has 0 aromatic heterocycles. The molecule has 1 spiro atoms. The van der Waals surface area contributed by atoms with E-state index in [9.17, 15) is 9.59 Å². The highest BCUT2D eigenvalue weighted by molar-refractivity contribution is 5.79. The van der Waals surface area contributed by atoms with Gasteiger partial charge in [-0.15, -0.1) is 0 Å². The second kappa shape index (κ2) is 6.21. The fourth-order valence-corrected chi connectivity index (χ4v) is 4.77. The first-order chi connectivity index (χ1) is 10.6. The first kappa shape index (κ1) is 15.8. The Kier molecular flexibility index (Phi) is 4.47. The molecule has 1 amide bonds. The first-order valence-corrected chi connectivity index (χ1v) is 9.07. The lowest BCUT2D eigenvalue weighted by atomic mass is 9.87. The van der Waals surface area contributed by atoms with Crippen LogP contribution in [0, 0.1) is 23.2 Å². The molecule has 22 heavy (non-hydrogen) atoms. The molecule has 1 saturated heterocycles. The summed E-state index contributed by atoms with van der Waals surface area (Å²) in [5.41, 5.74) is 0.0236. The van der Waals surface area contributed by atoms with Gasteiger partial charge >= 0.3 is 5.97 Å². The normalized spacial score (nSPS) is 28.8. The van der Waals surface area contributed by atoms with Crippen LogP contribution in [-0.4, -0.2) is 35.0 Å². The second-order valence-corrected chi connectivity index (χ2v) is 7.77. The molecule has 124 valence electrons. The molecular weight excluding hydrogens is 278 g/mol. The maximum atomic E-state index is 12.8. The van der Waals surface area contributed by atoms with Gasteiger partial charge in [-0.2, -0.15) is 0 Å². The number of aliphatic carboxylic acids is 1. The summed E-state index contributed by atoms with van der Waals surface area (Å²) in [5, 5.41) is 9.15. The molecule has 2 atom stereocenters. The fraction of sp³-hybridized carbons (Fsp3) is 0.889. The SMILES string of the molecule is CCC(CC1CCCC1)C(=O)N1CCC2(CC1)CC2C(=O)O. The number of piperidine rings is 1. The summed E-state index contributed by atoms with van der Waals surface area (Å²) in [7, 11) is 0. The van der Waals surface area contributed by atoms with Gasteiger partial charge in [0.05, 0.1) is 5.92 Å². The zero-order chi connectivity index (χ0) is 15.7. The van der Waals surface area contributed by atoms with Crippen molar-refractivity contribution in [3.8, 4) is 0 Å². The van der Waals surface area contributed by atoms with Gasteiger partial charge in [-0.05, 0) is 43.4 Å². The topological polar surface area (TPSA) is 57.6 Å². The van der Waals surface area contributed by atoms with Crippen LogP contribution in [0.3, 0.4) is 0 Å². The van der Waals surface area contributed by atoms with Crippen LogP contribution in [0.2, 0.25) is 0 Å². The van der Waals surface area contributed by atoms with Crippen LogP contribution >= 0.6 is 0 Å². The van der Waals surface area contributed by atoms with Gasteiger partial charge in [0.25, 0.3) is 0 Å². The lowest BCUT2D eigenvalue weighted by Gasteiger charge is -2.35. The number of hydrogen-bond donors (Lipinski definition) is 1. The molecule has 4 heteroatoms. The van der Waals surface area contributed by atoms with E-state index in [0.29, 0.717) is 5.91 Å². The standard InChI is InChI=1S/C18H29NO3/c1-2-14(11-13-5-3-4-6-13)16(20)19-9-7-18(8-10-19)12-15(18)17(21)22/h13-15H,2-12H2,1H3,(H,21,22). The molecule has 2 aliphatic carbocycles. The zero-order valence-corrected chi connectivity index (χ0v) is 13.7. The van der Waals surface area contributed by atoms with Gasteiger partial charge in [0, 0.05) is 19.0 Å². The number of amides is 1. The van der Waals surface area contributed by atoms with E-state index in [1.54, 1.807) is 0 Å². The zero-order valence-electron chi connectivity index (χ0n) is 13.7. The summed E-state index contributed by atoms with van der Waals surface area (Å²) in [5.74, 6) is 0.478. The Morgan fingerprint density at radius 1 is 1.23 bits per heavy atom. The molecule has 3 fully saturated rings. The monoisotopic (exact) mass is 307 g/mol. The lowest BCUT2D eigenvalue weighted by molar-refractivity contribution is -0.140. The summed E-state index contributed by atoms with van der Waals surface area (Å²) in [6.07, 6.45) is 9.86. The average molecular weight is 307 g/mol. The molecule has 2 unspecified atom stereocenters. The lowest BCUT2D eigenvalue weighted by Crippen LogP contribution is -2.43. The fourth-order valence-electron chi connectivity index (χ4n) is 4.77. The number of carboxylic acid groups (broad SMARTS) is 1. The highest BCUT2D eigenvalue weighted by atomic mass is 16.4. The van der Waals surface area contributed by atoms with Crippen LogP contribution in [0.15, 0.2) is 0 Å². The predicted octanol–water partition coefficient (Wildman–Crippen LogP) is 3.31. The summed E-state index contributed by atoms with van der Waals surface area (Å²) in [6.45, 7) is 3.66. The van der Waals surface area contributed by atoms with Gasteiger partial charge in [-0.3, -0.25) is 9.59 Å². The number of hydrogen-bond acceptors (Lipinski definition) is 2. The highest BCUT2D eigenvalue weighted by Crippen LogP contribution is 2.59. The summed E-state index contributed by atoms with van der Waals surface area (Å²) in [6, 6.07) is 0. The Bertz CT molecular complexity index is 434.